The molecule has 0 aromatic rings. The summed E-state index contributed by atoms with van der Waals surface area (Å²) in [7, 11) is 0. The predicted molar refractivity (Wildman–Crippen MR) is 116 cm³/mol. The molecule has 0 amide bonds. The van der Waals surface area contributed by atoms with Crippen LogP contribution in [0.2, 0.25) is 0 Å². The Morgan fingerprint density at radius 2 is 1.84 bits per heavy atom. The van der Waals surface area contributed by atoms with Gasteiger partial charge in [-0.1, -0.05) is 13.3 Å². The number of unbranched alkanes of at least 4 members (excludes halogenated alkanes) is 1. The second-order valence-electron chi connectivity index (χ2n) is 6.43. The quantitative estimate of drug-likeness (QED) is 0.177. The molecule has 0 unspecified atom stereocenters. The number of ether oxygens (including phenoxy) is 1. The van der Waals surface area contributed by atoms with Gasteiger partial charge in [0.25, 0.3) is 0 Å². The van der Waals surface area contributed by atoms with Crippen molar-refractivity contribution in [2.45, 2.75) is 58.5 Å². The number of hydrogen-bond acceptors (Lipinski definition) is 4. The van der Waals surface area contributed by atoms with Gasteiger partial charge in [-0.05, 0) is 45.6 Å². The fraction of sp³-hybridized carbons (Fsp3) is 0.944. The number of aliphatic hydroxyl groups excluding tert-OH is 1. The summed E-state index contributed by atoms with van der Waals surface area (Å²) in [5, 5.41) is 16.2. The third kappa shape index (κ3) is 13.7. The normalized spacial score (nSPS) is 16.5. The molecule has 1 fully saturated rings. The lowest BCUT2D eigenvalue weighted by Crippen LogP contribution is -2.40. The molecule has 0 aliphatic carbocycles. The fourth-order valence-corrected chi connectivity index (χ4v) is 2.70. The van der Waals surface area contributed by atoms with Gasteiger partial charge in [0.2, 0.25) is 0 Å². The third-order valence-corrected chi connectivity index (χ3v) is 4.20. The van der Waals surface area contributed by atoms with E-state index in [2.05, 4.69) is 34.4 Å². The summed E-state index contributed by atoms with van der Waals surface area (Å²) in [4.78, 5) is 7.03. The Kier molecular flexibility index (Phi) is 17.2. The molecule has 1 aliphatic heterocycles. The number of likely N-dealkylation sites (tertiary alicyclic amines) is 1. The topological polar surface area (TPSA) is 69.1 Å². The van der Waals surface area contributed by atoms with Gasteiger partial charge in [0.05, 0.1) is 6.10 Å². The zero-order valence-corrected chi connectivity index (χ0v) is 18.5. The number of piperidine rings is 1. The van der Waals surface area contributed by atoms with E-state index in [0.717, 1.165) is 90.5 Å². The van der Waals surface area contributed by atoms with E-state index >= 15 is 0 Å². The van der Waals surface area contributed by atoms with Crippen LogP contribution in [0.3, 0.4) is 0 Å². The number of nitrogens with zero attached hydrogens (tertiary/aromatic N) is 2. The molecule has 0 aromatic carbocycles. The van der Waals surface area contributed by atoms with Crippen LogP contribution >= 0.6 is 24.0 Å². The zero-order valence-electron chi connectivity index (χ0n) is 16.1. The Hall–Kier alpha value is -0.120. The van der Waals surface area contributed by atoms with E-state index in [1.165, 1.54) is 6.42 Å². The maximum Gasteiger partial charge on any atom is 0.191 e. The summed E-state index contributed by atoms with van der Waals surface area (Å²) in [6.07, 6.45) is 6.14. The first kappa shape index (κ1) is 24.9. The van der Waals surface area contributed by atoms with Gasteiger partial charge >= 0.3 is 0 Å². The van der Waals surface area contributed by atoms with Crippen LogP contribution < -0.4 is 10.6 Å². The molecule has 6 nitrogen and oxygen atoms in total. The average Bonchev–Trinajstić information content (AvgIpc) is 2.59. The average molecular weight is 470 g/mol. The van der Waals surface area contributed by atoms with Gasteiger partial charge in [-0.25, -0.2) is 0 Å². The Morgan fingerprint density at radius 1 is 1.12 bits per heavy atom. The van der Waals surface area contributed by atoms with Gasteiger partial charge in [0.15, 0.2) is 5.96 Å². The van der Waals surface area contributed by atoms with Gasteiger partial charge in [-0.2, -0.15) is 0 Å². The van der Waals surface area contributed by atoms with E-state index in [-0.39, 0.29) is 30.1 Å². The van der Waals surface area contributed by atoms with Crippen molar-refractivity contribution in [3.63, 3.8) is 0 Å². The molecule has 3 N–H and O–H groups in total. The summed E-state index contributed by atoms with van der Waals surface area (Å²) in [5.41, 5.74) is 0. The highest BCUT2D eigenvalue weighted by Crippen LogP contribution is 2.09. The van der Waals surface area contributed by atoms with Gasteiger partial charge in [-0.15, -0.1) is 24.0 Å². The van der Waals surface area contributed by atoms with E-state index in [0.29, 0.717) is 0 Å². The number of guanidine groups is 1. The zero-order chi connectivity index (χ0) is 17.5. The number of rotatable bonds is 12. The monoisotopic (exact) mass is 470 g/mol. The number of aliphatic hydroxyl groups is 1. The van der Waals surface area contributed by atoms with Crippen LogP contribution in [0, 0.1) is 0 Å². The lowest BCUT2D eigenvalue weighted by Gasteiger charge is -2.29. The van der Waals surface area contributed by atoms with E-state index in [1.807, 2.05) is 0 Å². The summed E-state index contributed by atoms with van der Waals surface area (Å²) < 4.78 is 5.56. The van der Waals surface area contributed by atoms with Gasteiger partial charge < -0.3 is 25.4 Å². The number of halogens is 1. The molecule has 1 heterocycles. The van der Waals surface area contributed by atoms with E-state index in [9.17, 15) is 5.11 Å². The minimum absolute atomic E-state index is 0. The Labute approximate surface area is 171 Å². The van der Waals surface area contributed by atoms with Crippen LogP contribution in [0.1, 0.15) is 52.4 Å². The summed E-state index contributed by atoms with van der Waals surface area (Å²) in [6, 6.07) is 0. The maximum atomic E-state index is 9.52. The van der Waals surface area contributed by atoms with Crippen molar-refractivity contribution in [2.75, 3.05) is 52.5 Å². The molecule has 7 heteroatoms. The molecular formula is C18H39IN4O2. The lowest BCUT2D eigenvalue weighted by molar-refractivity contribution is 0.0823. The smallest absolute Gasteiger partial charge is 0.191 e. The minimum Gasteiger partial charge on any atom is -0.393 e. The standard InChI is InChI=1S/C18H38N4O2.HI/c1-3-5-15-24-16-7-11-21-18(19-4-2)20-10-6-12-22-13-8-17(23)9-14-22;/h17,23H,3-16H2,1-2H3,(H2,19,20,21);1H. The third-order valence-electron chi connectivity index (χ3n) is 4.20. The SMILES string of the molecule is CCCCOCCCN=C(NCC)NCCCN1CCC(O)CC1.I. The maximum absolute atomic E-state index is 9.52. The van der Waals surface area contributed by atoms with E-state index in [1.54, 1.807) is 0 Å². The second-order valence-corrected chi connectivity index (χ2v) is 6.43. The highest BCUT2D eigenvalue weighted by atomic mass is 127. The van der Waals surface area contributed by atoms with Crippen molar-refractivity contribution in [2.24, 2.45) is 4.99 Å². The molecule has 0 saturated carbocycles. The first-order valence-corrected chi connectivity index (χ1v) is 9.76. The van der Waals surface area contributed by atoms with Crippen LogP contribution in [-0.2, 0) is 4.74 Å². The molecule has 1 saturated heterocycles. The van der Waals surface area contributed by atoms with E-state index in [4.69, 9.17) is 4.74 Å². The predicted octanol–water partition coefficient (Wildman–Crippen LogP) is 2.21. The minimum atomic E-state index is -0.0854. The number of hydrogen-bond donors (Lipinski definition) is 3. The van der Waals surface area contributed by atoms with Crippen LogP contribution in [0.25, 0.3) is 0 Å². The van der Waals surface area contributed by atoms with Crippen molar-refractivity contribution in [1.82, 2.24) is 15.5 Å². The first-order chi connectivity index (χ1) is 11.8. The summed E-state index contributed by atoms with van der Waals surface area (Å²) in [5.74, 6) is 0.903. The largest absolute Gasteiger partial charge is 0.393 e. The second kappa shape index (κ2) is 17.3. The fourth-order valence-electron chi connectivity index (χ4n) is 2.70. The first-order valence-electron chi connectivity index (χ1n) is 9.76. The van der Waals surface area contributed by atoms with Crippen LogP contribution in [0.4, 0.5) is 0 Å². The van der Waals surface area contributed by atoms with Crippen molar-refractivity contribution in [3.05, 3.63) is 0 Å². The summed E-state index contributed by atoms with van der Waals surface area (Å²) in [6.45, 7) is 11.7. The molecule has 1 aliphatic rings. The van der Waals surface area contributed by atoms with Crippen molar-refractivity contribution >= 4 is 29.9 Å². The highest BCUT2D eigenvalue weighted by molar-refractivity contribution is 14.0. The molecule has 0 bridgehead atoms. The van der Waals surface area contributed by atoms with E-state index < -0.39 is 0 Å². The molecule has 25 heavy (non-hydrogen) atoms. The van der Waals surface area contributed by atoms with Crippen molar-refractivity contribution < 1.29 is 9.84 Å². The van der Waals surface area contributed by atoms with Gasteiger partial charge in [0, 0.05) is 45.9 Å². The Bertz CT molecular complexity index is 324. The molecule has 0 atom stereocenters. The van der Waals surface area contributed by atoms with Crippen molar-refractivity contribution in [1.29, 1.82) is 0 Å². The molecule has 0 radical (unpaired) electrons. The summed E-state index contributed by atoms with van der Waals surface area (Å²) >= 11 is 0. The number of nitrogens with one attached hydrogen (secondary N) is 2. The van der Waals surface area contributed by atoms with Crippen LogP contribution in [-0.4, -0.2) is 74.6 Å². The van der Waals surface area contributed by atoms with Crippen molar-refractivity contribution in [3.8, 4) is 0 Å². The van der Waals surface area contributed by atoms with Gasteiger partial charge in [-0.3, -0.25) is 4.99 Å². The molecular weight excluding hydrogens is 431 g/mol. The lowest BCUT2D eigenvalue weighted by atomic mass is 10.1. The number of aliphatic imine (C=N–C) groups is 1. The van der Waals surface area contributed by atoms with Crippen LogP contribution in [0.15, 0.2) is 4.99 Å². The molecule has 0 spiro atoms. The Balaban J connectivity index is 0.00000576. The van der Waals surface area contributed by atoms with Gasteiger partial charge in [0.1, 0.15) is 0 Å². The molecule has 1 rings (SSSR count). The molecule has 150 valence electrons. The highest BCUT2D eigenvalue weighted by Gasteiger charge is 2.15. The Morgan fingerprint density at radius 3 is 2.52 bits per heavy atom. The molecule has 0 aromatic heterocycles. The van der Waals surface area contributed by atoms with Crippen LogP contribution in [0.5, 0.6) is 0 Å².